The van der Waals surface area contributed by atoms with Crippen LogP contribution in [0.25, 0.3) is 0 Å². The zero-order valence-corrected chi connectivity index (χ0v) is 17.6. The van der Waals surface area contributed by atoms with Crippen LogP contribution in [0.2, 0.25) is 0 Å². The highest BCUT2D eigenvalue weighted by atomic mass is 19.1. The molecule has 0 fully saturated rings. The molecule has 4 N–H and O–H groups in total. The van der Waals surface area contributed by atoms with E-state index in [2.05, 4.69) is 10.6 Å². The Morgan fingerprint density at radius 2 is 1.55 bits per heavy atom. The van der Waals surface area contributed by atoms with E-state index < -0.39 is 17.9 Å². The molecule has 0 heterocycles. The Labute approximate surface area is 181 Å². The molecule has 5 nitrogen and oxygen atoms in total. The van der Waals surface area contributed by atoms with Gasteiger partial charge in [0.2, 0.25) is 5.91 Å². The number of primary amides is 1. The molecule has 0 aliphatic rings. The summed E-state index contributed by atoms with van der Waals surface area (Å²) in [5, 5.41) is 5.51. The number of aryl methyl sites for hydroxylation is 2. The van der Waals surface area contributed by atoms with Gasteiger partial charge in [-0.25, -0.2) is 9.18 Å². The van der Waals surface area contributed by atoms with E-state index in [-0.39, 0.29) is 23.9 Å². The molecule has 0 aliphatic carbocycles. The maximum absolute atomic E-state index is 14.3. The maximum atomic E-state index is 14.3. The van der Waals surface area contributed by atoms with Crippen LogP contribution in [-0.4, -0.2) is 11.9 Å². The third-order valence-electron chi connectivity index (χ3n) is 5.29. The van der Waals surface area contributed by atoms with Crippen LogP contribution in [0.4, 0.5) is 9.18 Å². The lowest BCUT2D eigenvalue weighted by molar-refractivity contribution is -0.122. The van der Waals surface area contributed by atoms with Crippen molar-refractivity contribution in [3.05, 3.63) is 106 Å². The Morgan fingerprint density at radius 3 is 2.19 bits per heavy atom. The first-order valence-corrected chi connectivity index (χ1v) is 10.1. The van der Waals surface area contributed by atoms with E-state index in [9.17, 15) is 14.0 Å². The zero-order valence-electron chi connectivity index (χ0n) is 17.6. The lowest BCUT2D eigenvalue weighted by Gasteiger charge is -2.23. The number of carbonyl (C=O) groups is 2. The van der Waals surface area contributed by atoms with Crippen molar-refractivity contribution in [2.45, 2.75) is 32.4 Å². The summed E-state index contributed by atoms with van der Waals surface area (Å²) in [6, 6.07) is 19.6. The topological polar surface area (TPSA) is 84.2 Å². The molecule has 2 atom stereocenters. The smallest absolute Gasteiger partial charge is 0.312 e. The van der Waals surface area contributed by atoms with Crippen molar-refractivity contribution >= 4 is 11.9 Å². The molecule has 0 saturated carbocycles. The number of amides is 3. The van der Waals surface area contributed by atoms with Gasteiger partial charge in [0, 0.05) is 5.56 Å². The number of nitrogens with two attached hydrogens (primary N) is 1. The Kier molecular flexibility index (Phi) is 7.03. The van der Waals surface area contributed by atoms with Gasteiger partial charge < -0.3 is 16.4 Å². The molecule has 0 aliphatic heterocycles. The summed E-state index contributed by atoms with van der Waals surface area (Å²) in [5.74, 6) is -0.850. The maximum Gasteiger partial charge on any atom is 0.312 e. The molecule has 0 bridgehead atoms. The van der Waals surface area contributed by atoms with E-state index in [0.717, 1.165) is 22.3 Å². The van der Waals surface area contributed by atoms with E-state index >= 15 is 0 Å². The number of benzene rings is 3. The van der Waals surface area contributed by atoms with Crippen molar-refractivity contribution in [3.8, 4) is 0 Å². The van der Waals surface area contributed by atoms with Gasteiger partial charge >= 0.3 is 6.03 Å². The number of halogens is 1. The first-order valence-electron chi connectivity index (χ1n) is 10.1. The average Bonchev–Trinajstić information content (AvgIpc) is 2.74. The van der Waals surface area contributed by atoms with Gasteiger partial charge in [-0.15, -0.1) is 0 Å². The second-order valence-electron chi connectivity index (χ2n) is 7.54. The summed E-state index contributed by atoms with van der Waals surface area (Å²) >= 11 is 0. The Hall–Kier alpha value is -3.67. The number of hydrogen-bond donors (Lipinski definition) is 3. The van der Waals surface area contributed by atoms with Gasteiger partial charge in [-0.2, -0.15) is 0 Å². The summed E-state index contributed by atoms with van der Waals surface area (Å²) in [7, 11) is 0. The summed E-state index contributed by atoms with van der Waals surface area (Å²) in [6.07, 6.45) is -0.155. The van der Waals surface area contributed by atoms with Gasteiger partial charge in [-0.1, -0.05) is 66.7 Å². The van der Waals surface area contributed by atoms with Crippen molar-refractivity contribution in [3.63, 3.8) is 0 Å². The molecule has 0 saturated heterocycles. The Bertz CT molecular complexity index is 1070. The first kappa shape index (κ1) is 22.0. The molecule has 0 unspecified atom stereocenters. The molecule has 3 aromatic carbocycles. The summed E-state index contributed by atoms with van der Waals surface area (Å²) in [5.41, 5.74) is 9.61. The predicted molar refractivity (Wildman–Crippen MR) is 119 cm³/mol. The molecule has 0 spiro atoms. The molecule has 0 radical (unpaired) electrons. The van der Waals surface area contributed by atoms with Gasteiger partial charge in [0.15, 0.2) is 0 Å². The summed E-state index contributed by atoms with van der Waals surface area (Å²) in [6.45, 7) is 4.05. The van der Waals surface area contributed by atoms with Crippen molar-refractivity contribution in [1.82, 2.24) is 10.6 Å². The van der Waals surface area contributed by atoms with E-state index in [4.69, 9.17) is 5.73 Å². The molecule has 31 heavy (non-hydrogen) atoms. The molecule has 160 valence electrons. The van der Waals surface area contributed by atoms with Crippen LogP contribution in [0.5, 0.6) is 0 Å². The highest BCUT2D eigenvalue weighted by Crippen LogP contribution is 2.26. The largest absolute Gasteiger partial charge is 0.352 e. The fraction of sp³-hybridized carbons (Fsp3) is 0.200. The number of hydrogen-bond acceptors (Lipinski definition) is 2. The minimum atomic E-state index is -0.880. The molecule has 3 aromatic rings. The van der Waals surface area contributed by atoms with Crippen LogP contribution in [0, 0.1) is 19.7 Å². The van der Waals surface area contributed by atoms with Gasteiger partial charge in [0.05, 0.1) is 18.5 Å². The average molecular weight is 420 g/mol. The van der Waals surface area contributed by atoms with Gasteiger partial charge in [0.25, 0.3) is 0 Å². The first-order chi connectivity index (χ1) is 14.8. The highest BCUT2D eigenvalue weighted by Gasteiger charge is 2.23. The third-order valence-corrected chi connectivity index (χ3v) is 5.29. The fourth-order valence-corrected chi connectivity index (χ4v) is 3.52. The monoisotopic (exact) mass is 419 g/mol. The second kappa shape index (κ2) is 9.89. The summed E-state index contributed by atoms with van der Waals surface area (Å²) < 4.78 is 14.3. The molecular weight excluding hydrogens is 393 g/mol. The number of rotatable bonds is 7. The molecular formula is C25H26FN3O2. The lowest BCUT2D eigenvalue weighted by atomic mass is 9.95. The van der Waals surface area contributed by atoms with E-state index in [0.29, 0.717) is 0 Å². The quantitative estimate of drug-likeness (QED) is 0.529. The number of carbonyl (C=O) groups excluding carboxylic acids is 2. The van der Waals surface area contributed by atoms with Gasteiger partial charge in [0.1, 0.15) is 5.82 Å². The van der Waals surface area contributed by atoms with Crippen LogP contribution in [0.1, 0.15) is 46.3 Å². The second-order valence-corrected chi connectivity index (χ2v) is 7.54. The summed E-state index contributed by atoms with van der Waals surface area (Å²) in [4.78, 5) is 24.5. The zero-order chi connectivity index (χ0) is 22.4. The van der Waals surface area contributed by atoms with Gasteiger partial charge in [-0.3, -0.25) is 4.79 Å². The van der Waals surface area contributed by atoms with Crippen molar-refractivity contribution < 1.29 is 14.0 Å². The number of urea groups is 1. The van der Waals surface area contributed by atoms with E-state index in [1.165, 1.54) is 12.1 Å². The van der Waals surface area contributed by atoms with Crippen molar-refractivity contribution in [1.29, 1.82) is 0 Å². The van der Waals surface area contributed by atoms with Crippen LogP contribution in [0.3, 0.4) is 0 Å². The van der Waals surface area contributed by atoms with Crippen LogP contribution >= 0.6 is 0 Å². The van der Waals surface area contributed by atoms with Crippen LogP contribution in [0.15, 0.2) is 72.8 Å². The number of nitrogens with one attached hydrogen (secondary N) is 2. The van der Waals surface area contributed by atoms with Crippen molar-refractivity contribution in [2.75, 3.05) is 0 Å². The van der Waals surface area contributed by atoms with E-state index in [1.807, 2.05) is 62.4 Å². The lowest BCUT2D eigenvalue weighted by Crippen LogP contribution is -2.38. The standard InChI is InChI=1S/C25H26FN3O2/c1-16-12-13-19(14-17(16)2)24(18-8-4-3-5-9-18)29-23(30)15-22(28-25(27)31)20-10-6-7-11-21(20)26/h3-14,22,24H,15H2,1-2H3,(H,29,30)(H3,27,28,31)/t22-,24+/m0/s1. The minimum absolute atomic E-state index is 0.155. The van der Waals surface area contributed by atoms with Crippen LogP contribution < -0.4 is 16.4 Å². The molecule has 3 amide bonds. The highest BCUT2D eigenvalue weighted by molar-refractivity contribution is 5.79. The Balaban J connectivity index is 1.87. The SMILES string of the molecule is Cc1ccc([C@H](NC(=O)C[C@H](NC(N)=O)c2ccccc2F)c2ccccc2)cc1C. The van der Waals surface area contributed by atoms with Crippen LogP contribution in [-0.2, 0) is 4.79 Å². The molecule has 0 aromatic heterocycles. The van der Waals surface area contributed by atoms with Crippen molar-refractivity contribution in [2.24, 2.45) is 5.73 Å². The minimum Gasteiger partial charge on any atom is -0.352 e. The predicted octanol–water partition coefficient (Wildman–Crippen LogP) is 4.45. The molecule has 3 rings (SSSR count). The van der Waals surface area contributed by atoms with E-state index in [1.54, 1.807) is 12.1 Å². The fourth-order valence-electron chi connectivity index (χ4n) is 3.52. The van der Waals surface area contributed by atoms with Gasteiger partial charge in [-0.05, 0) is 42.2 Å². The Morgan fingerprint density at radius 1 is 0.871 bits per heavy atom. The normalized spacial score (nSPS) is 12.6. The molecule has 6 heteroatoms. The third kappa shape index (κ3) is 5.69.